The highest BCUT2D eigenvalue weighted by atomic mass is 35.5. The lowest BCUT2D eigenvalue weighted by molar-refractivity contribution is -0.146. The van der Waals surface area contributed by atoms with Gasteiger partial charge in [-0.25, -0.2) is 13.1 Å². The van der Waals surface area contributed by atoms with Crippen LogP contribution < -0.4 is 15.4 Å². The van der Waals surface area contributed by atoms with Crippen molar-refractivity contribution >= 4 is 45.0 Å². The molecule has 0 bridgehead atoms. The molecule has 2 aromatic carbocycles. The van der Waals surface area contributed by atoms with Gasteiger partial charge in [-0.3, -0.25) is 9.59 Å². The molecule has 3 unspecified atom stereocenters. The van der Waals surface area contributed by atoms with Gasteiger partial charge in [0.25, 0.3) is 11.8 Å². The number of nitrogens with zero attached hydrogens (tertiary/aromatic N) is 1. The van der Waals surface area contributed by atoms with Crippen molar-refractivity contribution < 1.29 is 47.2 Å². The fourth-order valence-electron chi connectivity index (χ4n) is 5.04. The van der Waals surface area contributed by atoms with Gasteiger partial charge in [-0.05, 0) is 54.9 Å². The zero-order valence-corrected chi connectivity index (χ0v) is 30.0. The van der Waals surface area contributed by atoms with Crippen LogP contribution in [0.5, 0.6) is 0 Å². The number of benzene rings is 2. The largest absolute Gasteiger partial charge is 0.380 e. The van der Waals surface area contributed by atoms with Crippen LogP contribution in [-0.4, -0.2) is 134 Å². The van der Waals surface area contributed by atoms with Crippen molar-refractivity contribution in [2.45, 2.75) is 36.5 Å². The minimum atomic E-state index is -3.78. The highest BCUT2D eigenvalue weighted by Crippen LogP contribution is 2.38. The summed E-state index contributed by atoms with van der Waals surface area (Å²) >= 11 is 12.8. The summed E-state index contributed by atoms with van der Waals surface area (Å²) < 4.78 is 49.9. The van der Waals surface area contributed by atoms with E-state index >= 15 is 0 Å². The van der Waals surface area contributed by atoms with Crippen molar-refractivity contribution in [1.29, 1.82) is 0 Å². The van der Waals surface area contributed by atoms with Crippen LogP contribution in [0.3, 0.4) is 0 Å². The van der Waals surface area contributed by atoms with E-state index in [-0.39, 0.29) is 76.7 Å². The molecule has 2 aromatic rings. The van der Waals surface area contributed by atoms with E-state index in [1.165, 1.54) is 0 Å². The van der Waals surface area contributed by atoms with Crippen LogP contribution in [0.1, 0.15) is 29.5 Å². The Morgan fingerprint density at radius 1 is 0.878 bits per heavy atom. The number of aliphatic hydroxyl groups excluding tert-OH is 2. The van der Waals surface area contributed by atoms with Crippen molar-refractivity contribution in [2.75, 3.05) is 86.1 Å². The zero-order chi connectivity index (χ0) is 35.8. The van der Waals surface area contributed by atoms with E-state index in [1.54, 1.807) is 31.2 Å². The molecule has 0 saturated heterocycles. The molecular weight excluding hydrogens is 703 g/mol. The number of ether oxygens (including phenoxy) is 4. The van der Waals surface area contributed by atoms with Gasteiger partial charge in [0.1, 0.15) is 0 Å². The van der Waals surface area contributed by atoms with Crippen LogP contribution in [0.15, 0.2) is 41.3 Å². The van der Waals surface area contributed by atoms with Crippen LogP contribution in [0.25, 0.3) is 0 Å². The molecule has 49 heavy (non-hydrogen) atoms. The Balaban J connectivity index is 1.26. The molecule has 3 atom stereocenters. The molecule has 2 amide bonds. The van der Waals surface area contributed by atoms with E-state index in [4.69, 9.17) is 42.1 Å². The highest BCUT2D eigenvalue weighted by molar-refractivity contribution is 7.89. The number of likely N-dealkylation sites (N-methyl/N-ethyl adjacent to an activating group) is 1. The van der Waals surface area contributed by atoms with Crippen LogP contribution in [0.2, 0.25) is 10.0 Å². The van der Waals surface area contributed by atoms with E-state index in [0.717, 1.165) is 16.7 Å². The van der Waals surface area contributed by atoms with Gasteiger partial charge < -0.3 is 44.7 Å². The third kappa shape index (κ3) is 13.3. The summed E-state index contributed by atoms with van der Waals surface area (Å²) in [6, 6.07) is 10.5. The molecule has 1 aliphatic heterocycles. The number of carbonyl (C=O) groups is 2. The second-order valence-electron chi connectivity index (χ2n) is 11.2. The van der Waals surface area contributed by atoms with Gasteiger partial charge in [0.15, 0.2) is 12.2 Å². The summed E-state index contributed by atoms with van der Waals surface area (Å²) in [4.78, 5) is 26.0. The van der Waals surface area contributed by atoms with Crippen LogP contribution >= 0.6 is 23.2 Å². The summed E-state index contributed by atoms with van der Waals surface area (Å²) in [5, 5.41) is 25.6. The average Bonchev–Trinajstić information content (AvgIpc) is 3.08. The SMILES string of the molecule is CCOCCNC(=O)C(O)C(O)C(=O)NCCOCCOCCOCCNS(=O)(=O)c1cccc(C2CN(C)Cc3c(Cl)cc(Cl)cc32)c1. The lowest BCUT2D eigenvalue weighted by Gasteiger charge is -2.33. The third-order valence-corrected chi connectivity index (χ3v) is 9.49. The van der Waals surface area contributed by atoms with Crippen LogP contribution in [-0.2, 0) is 45.1 Å². The maximum atomic E-state index is 13.0. The number of sulfonamides is 1. The normalized spacial score (nSPS) is 16.2. The minimum absolute atomic E-state index is 0.0491. The Bertz CT molecular complexity index is 1470. The van der Waals surface area contributed by atoms with Gasteiger partial charge in [0.05, 0.1) is 51.1 Å². The molecule has 17 heteroatoms. The third-order valence-electron chi connectivity index (χ3n) is 7.48. The smallest absolute Gasteiger partial charge is 0.252 e. The first-order chi connectivity index (χ1) is 23.4. The Labute approximate surface area is 297 Å². The van der Waals surface area contributed by atoms with Gasteiger partial charge >= 0.3 is 0 Å². The molecule has 14 nitrogen and oxygen atoms in total. The second kappa shape index (κ2) is 21.1. The number of rotatable bonds is 22. The molecule has 0 saturated carbocycles. The first-order valence-electron chi connectivity index (χ1n) is 15.9. The zero-order valence-electron chi connectivity index (χ0n) is 27.7. The fraction of sp³-hybridized carbons (Fsp3) is 0.562. The monoisotopic (exact) mass is 748 g/mol. The van der Waals surface area contributed by atoms with Gasteiger partial charge in [-0.1, -0.05) is 35.3 Å². The quantitative estimate of drug-likeness (QED) is 0.108. The summed E-state index contributed by atoms with van der Waals surface area (Å²) in [6.45, 7) is 5.40. The Hall–Kier alpha value is -2.41. The van der Waals surface area contributed by atoms with Crippen molar-refractivity contribution in [3.05, 3.63) is 63.1 Å². The van der Waals surface area contributed by atoms with Gasteiger partial charge in [0, 0.05) is 55.3 Å². The van der Waals surface area contributed by atoms with Gasteiger partial charge in [-0.15, -0.1) is 0 Å². The van der Waals surface area contributed by atoms with Gasteiger partial charge in [0.2, 0.25) is 10.0 Å². The predicted molar refractivity (Wildman–Crippen MR) is 183 cm³/mol. The number of nitrogens with one attached hydrogen (secondary N) is 3. The maximum absolute atomic E-state index is 13.0. The maximum Gasteiger partial charge on any atom is 0.252 e. The molecule has 0 radical (unpaired) electrons. The fourth-order valence-corrected chi connectivity index (χ4v) is 6.67. The standard InChI is InChI=1S/C32H46Cl2N4O10S/c1-3-45-10-7-35-31(41)29(39)30(40)32(42)36-8-11-46-13-15-48-16-14-47-12-9-37-49(43,44)24-6-4-5-22(17-24)26-20-38(2)21-27-25(26)18-23(33)19-28(27)34/h4-6,17-19,26,29-30,37,39-40H,3,7-16,20-21H2,1-2H3,(H,35,41)(H,36,42). The average molecular weight is 750 g/mol. The lowest BCUT2D eigenvalue weighted by atomic mass is 9.85. The van der Waals surface area contributed by atoms with Crippen molar-refractivity contribution in [2.24, 2.45) is 0 Å². The number of halogens is 2. The second-order valence-corrected chi connectivity index (χ2v) is 13.8. The molecule has 0 aliphatic carbocycles. The molecule has 0 aromatic heterocycles. The van der Waals surface area contributed by atoms with E-state index in [0.29, 0.717) is 29.7 Å². The summed E-state index contributed by atoms with van der Waals surface area (Å²) in [5.74, 6) is -1.88. The summed E-state index contributed by atoms with van der Waals surface area (Å²) in [5.41, 5.74) is 2.83. The number of hydrogen-bond acceptors (Lipinski definition) is 11. The van der Waals surface area contributed by atoms with E-state index < -0.39 is 34.0 Å². The number of carbonyl (C=O) groups excluding carboxylic acids is 2. The molecule has 5 N–H and O–H groups in total. The van der Waals surface area contributed by atoms with Crippen molar-refractivity contribution in [3.63, 3.8) is 0 Å². The summed E-state index contributed by atoms with van der Waals surface area (Å²) in [7, 11) is -1.79. The first kappa shape index (κ1) is 41.0. The van der Waals surface area contributed by atoms with Crippen molar-refractivity contribution in [1.82, 2.24) is 20.3 Å². The van der Waals surface area contributed by atoms with E-state index in [2.05, 4.69) is 20.3 Å². The Morgan fingerprint density at radius 3 is 2.06 bits per heavy atom. The minimum Gasteiger partial charge on any atom is -0.380 e. The highest BCUT2D eigenvalue weighted by Gasteiger charge is 2.30. The van der Waals surface area contributed by atoms with E-state index in [9.17, 15) is 28.2 Å². The van der Waals surface area contributed by atoms with Gasteiger partial charge in [-0.2, -0.15) is 0 Å². The van der Waals surface area contributed by atoms with Crippen LogP contribution in [0.4, 0.5) is 0 Å². The predicted octanol–water partition coefficient (Wildman–Crippen LogP) is 0.890. The number of aliphatic hydroxyl groups is 2. The summed E-state index contributed by atoms with van der Waals surface area (Å²) in [6.07, 6.45) is -3.84. The molecule has 0 fully saturated rings. The molecule has 0 spiro atoms. The van der Waals surface area contributed by atoms with Crippen molar-refractivity contribution in [3.8, 4) is 0 Å². The first-order valence-corrected chi connectivity index (χ1v) is 18.2. The Kier molecular flexibility index (Phi) is 17.6. The van der Waals surface area contributed by atoms with E-state index in [1.807, 2.05) is 19.2 Å². The molecule has 1 heterocycles. The molecule has 3 rings (SSSR count). The van der Waals surface area contributed by atoms with Crippen LogP contribution in [0, 0.1) is 0 Å². The lowest BCUT2D eigenvalue weighted by Crippen LogP contribution is -2.50. The number of amides is 2. The molecule has 274 valence electrons. The topological polar surface area (TPSA) is 185 Å². The Morgan fingerprint density at radius 2 is 1.45 bits per heavy atom. The molecular formula is C32H46Cl2N4O10S. The number of fused-ring (bicyclic) bond motifs is 1. The molecule has 1 aliphatic rings. The number of hydrogen-bond donors (Lipinski definition) is 5.